The van der Waals surface area contributed by atoms with Crippen molar-refractivity contribution in [2.24, 2.45) is 5.92 Å². The van der Waals surface area contributed by atoms with E-state index in [-0.39, 0.29) is 23.1 Å². The zero-order valence-electron chi connectivity index (χ0n) is 15.1. The van der Waals surface area contributed by atoms with Gasteiger partial charge in [-0.2, -0.15) is 0 Å². The lowest BCUT2D eigenvalue weighted by Crippen LogP contribution is -2.40. The molecule has 8 heteroatoms. The van der Waals surface area contributed by atoms with Crippen LogP contribution in [0.5, 0.6) is 0 Å². The first-order valence-corrected chi connectivity index (χ1v) is 13.1. The van der Waals surface area contributed by atoms with Crippen LogP contribution in [0, 0.1) is 5.92 Å². The maximum atomic E-state index is 6.48. The first kappa shape index (κ1) is 19.0. The Morgan fingerprint density at radius 3 is 2.92 bits per heavy atom. The van der Waals surface area contributed by atoms with Crippen molar-refractivity contribution in [3.63, 3.8) is 0 Å². The van der Waals surface area contributed by atoms with E-state index in [1.165, 1.54) is 5.57 Å². The van der Waals surface area contributed by atoms with Gasteiger partial charge in [0.05, 0.1) is 12.7 Å². The van der Waals surface area contributed by atoms with Crippen LogP contribution in [0.4, 0.5) is 0 Å². The average Bonchev–Trinajstić information content (AvgIpc) is 3.10. The van der Waals surface area contributed by atoms with Gasteiger partial charge in [0.15, 0.2) is 0 Å². The molecular weight excluding hydrogens is 374 g/mol. The fourth-order valence-corrected chi connectivity index (χ4v) is 12.1. The van der Waals surface area contributed by atoms with E-state index in [9.17, 15) is 0 Å². The van der Waals surface area contributed by atoms with Crippen molar-refractivity contribution in [3.8, 4) is 0 Å². The second-order valence-electron chi connectivity index (χ2n) is 8.07. The Labute approximate surface area is 161 Å². The van der Waals surface area contributed by atoms with Gasteiger partial charge in [0, 0.05) is 10.8 Å². The smallest absolute Gasteiger partial charge is 0.248 e. The SMILES string of the molecule is [B][C@@H]1O[C@@]2(CC)CO[C@@H]1[C@@H]2O[P@]1(=S)O[C@@H]2C[C@@H](C(=C)C)CC[C@@]2(C)S1. The van der Waals surface area contributed by atoms with Crippen LogP contribution >= 0.6 is 17.1 Å². The lowest BCUT2D eigenvalue weighted by Gasteiger charge is -2.37. The normalized spacial score (nSPS) is 54.6. The molecule has 4 nitrogen and oxygen atoms in total. The summed E-state index contributed by atoms with van der Waals surface area (Å²) in [5, 5.41) is 0. The predicted octanol–water partition coefficient (Wildman–Crippen LogP) is 3.94. The largest absolute Gasteiger partial charge is 0.374 e. The highest BCUT2D eigenvalue weighted by Crippen LogP contribution is 2.76. The highest BCUT2D eigenvalue weighted by atomic mass is 32.9. The third-order valence-corrected chi connectivity index (χ3v) is 12.0. The third-order valence-electron chi connectivity index (χ3n) is 6.32. The minimum atomic E-state index is -2.46. The van der Waals surface area contributed by atoms with Gasteiger partial charge in [-0.1, -0.05) is 30.5 Å². The third kappa shape index (κ3) is 3.02. The number of fused-ring (bicyclic) bond motifs is 3. The molecule has 0 aromatic heterocycles. The zero-order valence-corrected chi connectivity index (χ0v) is 17.6. The van der Waals surface area contributed by atoms with Crippen molar-refractivity contribution >= 4 is 36.7 Å². The Kier molecular flexibility index (Phi) is 4.81. The van der Waals surface area contributed by atoms with Crippen LogP contribution in [0.2, 0.25) is 0 Å². The molecule has 3 aliphatic heterocycles. The summed E-state index contributed by atoms with van der Waals surface area (Å²) < 4.78 is 24.7. The minimum Gasteiger partial charge on any atom is -0.374 e. The van der Waals surface area contributed by atoms with Crippen molar-refractivity contribution in [2.75, 3.05) is 6.61 Å². The summed E-state index contributed by atoms with van der Waals surface area (Å²) in [4.78, 5) is 0. The van der Waals surface area contributed by atoms with Gasteiger partial charge in [-0.3, -0.25) is 0 Å². The fourth-order valence-electron chi connectivity index (χ4n) is 4.53. The van der Waals surface area contributed by atoms with Gasteiger partial charge in [-0.25, -0.2) is 0 Å². The molecule has 2 bridgehead atoms. The predicted molar refractivity (Wildman–Crippen MR) is 106 cm³/mol. The lowest BCUT2D eigenvalue weighted by molar-refractivity contribution is -0.117. The quantitative estimate of drug-likeness (QED) is 0.404. The van der Waals surface area contributed by atoms with Crippen molar-refractivity contribution in [2.45, 2.75) is 81.1 Å². The zero-order chi connectivity index (χ0) is 18.0. The Morgan fingerprint density at radius 1 is 1.52 bits per heavy atom. The lowest BCUT2D eigenvalue weighted by atomic mass is 9.77. The van der Waals surface area contributed by atoms with Crippen LogP contribution in [0.1, 0.15) is 46.5 Å². The van der Waals surface area contributed by atoms with E-state index in [2.05, 4.69) is 27.4 Å². The molecule has 0 unspecified atom stereocenters. The summed E-state index contributed by atoms with van der Waals surface area (Å²) in [5.41, 5.74) is -1.70. The first-order valence-electron chi connectivity index (χ1n) is 9.08. The number of hydrogen-bond acceptors (Lipinski definition) is 6. The van der Waals surface area contributed by atoms with E-state index < -0.39 is 17.3 Å². The molecule has 0 spiro atoms. The van der Waals surface area contributed by atoms with Gasteiger partial charge in [0.2, 0.25) is 5.69 Å². The van der Waals surface area contributed by atoms with Crippen LogP contribution in [0.15, 0.2) is 12.2 Å². The van der Waals surface area contributed by atoms with Crippen molar-refractivity contribution in [3.05, 3.63) is 12.2 Å². The summed E-state index contributed by atoms with van der Waals surface area (Å²) in [5.74, 6) is 0.518. The van der Waals surface area contributed by atoms with Crippen LogP contribution in [-0.4, -0.2) is 49.1 Å². The van der Waals surface area contributed by atoms with Gasteiger partial charge in [0.1, 0.15) is 25.7 Å². The van der Waals surface area contributed by atoms with Gasteiger partial charge >= 0.3 is 0 Å². The average molecular weight is 400 g/mol. The molecular formula is C17H26BO4PS2. The summed E-state index contributed by atoms with van der Waals surface area (Å²) in [6, 6.07) is -0.446. The molecule has 0 amide bonds. The van der Waals surface area contributed by atoms with Gasteiger partial charge in [-0.05, 0) is 57.3 Å². The van der Waals surface area contributed by atoms with Gasteiger partial charge < -0.3 is 18.5 Å². The molecule has 25 heavy (non-hydrogen) atoms. The molecule has 4 fully saturated rings. The summed E-state index contributed by atoms with van der Waals surface area (Å²) in [6.07, 6.45) is 3.66. The summed E-state index contributed by atoms with van der Waals surface area (Å²) >= 11 is 7.66. The highest BCUT2D eigenvalue weighted by Gasteiger charge is 2.63. The molecule has 4 rings (SSSR count). The number of hydrogen-bond donors (Lipinski definition) is 0. The van der Waals surface area contributed by atoms with Crippen molar-refractivity contribution < 1.29 is 18.5 Å². The molecule has 3 heterocycles. The van der Waals surface area contributed by atoms with E-state index in [1.807, 2.05) is 0 Å². The van der Waals surface area contributed by atoms with Crippen LogP contribution < -0.4 is 0 Å². The molecule has 3 saturated heterocycles. The molecule has 0 aromatic carbocycles. The first-order chi connectivity index (χ1) is 11.7. The second-order valence-corrected chi connectivity index (χ2v) is 14.6. The molecule has 0 N–H and O–H groups in total. The fraction of sp³-hybridized carbons (Fsp3) is 0.882. The Balaban J connectivity index is 1.52. The molecule has 0 aromatic rings. The van der Waals surface area contributed by atoms with Crippen LogP contribution in [0.3, 0.4) is 0 Å². The summed E-state index contributed by atoms with van der Waals surface area (Å²) in [7, 11) is 6.08. The van der Waals surface area contributed by atoms with Crippen LogP contribution in [-0.2, 0) is 30.3 Å². The molecule has 4 aliphatic rings. The van der Waals surface area contributed by atoms with E-state index >= 15 is 0 Å². The van der Waals surface area contributed by atoms with Gasteiger partial charge in [-0.15, -0.1) is 0 Å². The molecule has 1 saturated carbocycles. The Hall–Kier alpha value is 0.645. The maximum Gasteiger partial charge on any atom is 0.248 e. The van der Waals surface area contributed by atoms with Gasteiger partial charge in [0.25, 0.3) is 0 Å². The number of allylic oxidation sites excluding steroid dienone is 1. The van der Waals surface area contributed by atoms with E-state index in [4.69, 9.17) is 38.2 Å². The van der Waals surface area contributed by atoms with E-state index in [1.54, 1.807) is 11.4 Å². The monoisotopic (exact) mass is 400 g/mol. The van der Waals surface area contributed by atoms with Crippen LogP contribution in [0.25, 0.3) is 0 Å². The Bertz CT molecular complexity index is 634. The molecule has 8 atom stereocenters. The second kappa shape index (κ2) is 6.33. The Morgan fingerprint density at radius 2 is 2.28 bits per heavy atom. The maximum absolute atomic E-state index is 6.48. The van der Waals surface area contributed by atoms with Crippen molar-refractivity contribution in [1.82, 2.24) is 0 Å². The number of ether oxygens (including phenoxy) is 2. The number of rotatable bonds is 4. The van der Waals surface area contributed by atoms with E-state index in [0.717, 1.165) is 25.7 Å². The topological polar surface area (TPSA) is 36.9 Å². The molecule has 138 valence electrons. The molecule has 2 radical (unpaired) electrons. The minimum absolute atomic E-state index is 0.0301. The standard InChI is InChI=1S/C17H26BO4PS2/c1-5-17-9-19-13(15(18)20-17)14(17)22-23(24)21-12-8-11(10(2)3)6-7-16(12,4)25-23/h11-15H,2,5-9H2,1,3-4H3/t11-,12+,13+,14-,15+,16+,17-,23-/m0/s1. The highest BCUT2D eigenvalue weighted by molar-refractivity contribution is 8.68. The molecule has 1 aliphatic carbocycles. The summed E-state index contributed by atoms with van der Waals surface area (Å²) in [6.45, 7) is 11.1. The van der Waals surface area contributed by atoms with E-state index in [0.29, 0.717) is 12.5 Å². The van der Waals surface area contributed by atoms with Crippen molar-refractivity contribution in [1.29, 1.82) is 0 Å².